The molecule has 0 fully saturated rings. The first kappa shape index (κ1) is 12.7. The van der Waals surface area contributed by atoms with Gasteiger partial charge in [0.1, 0.15) is 5.82 Å². The van der Waals surface area contributed by atoms with Crippen LogP contribution < -0.4 is 0 Å². The molecular formula is C18H18N2. The second-order valence-electron chi connectivity index (χ2n) is 5.33. The van der Waals surface area contributed by atoms with Gasteiger partial charge in [-0.3, -0.25) is 4.57 Å². The van der Waals surface area contributed by atoms with E-state index >= 15 is 0 Å². The molecule has 3 rings (SSSR count). The van der Waals surface area contributed by atoms with Gasteiger partial charge in [-0.2, -0.15) is 0 Å². The smallest absolute Gasteiger partial charge is 0.144 e. The summed E-state index contributed by atoms with van der Waals surface area (Å²) in [6.45, 7) is 6.35. The van der Waals surface area contributed by atoms with Crippen LogP contribution in [0.4, 0.5) is 0 Å². The van der Waals surface area contributed by atoms with Crippen LogP contribution in [0, 0.1) is 20.8 Å². The van der Waals surface area contributed by atoms with Gasteiger partial charge in [0, 0.05) is 23.6 Å². The Bertz CT molecular complexity index is 716. The fourth-order valence-electron chi connectivity index (χ4n) is 2.52. The lowest BCUT2D eigenvalue weighted by Gasteiger charge is -2.10. The molecule has 0 aliphatic rings. The van der Waals surface area contributed by atoms with Crippen molar-refractivity contribution in [3.05, 3.63) is 71.5 Å². The molecule has 0 saturated carbocycles. The van der Waals surface area contributed by atoms with Crippen LogP contribution in [0.1, 0.15) is 16.7 Å². The molecule has 1 aromatic heterocycles. The van der Waals surface area contributed by atoms with E-state index in [1.165, 1.54) is 16.7 Å². The van der Waals surface area contributed by atoms with Crippen LogP contribution in [0.5, 0.6) is 0 Å². The van der Waals surface area contributed by atoms with Gasteiger partial charge in [-0.25, -0.2) is 4.98 Å². The van der Waals surface area contributed by atoms with Gasteiger partial charge >= 0.3 is 0 Å². The minimum atomic E-state index is 0.981. The average Bonchev–Trinajstić information content (AvgIpc) is 2.87. The van der Waals surface area contributed by atoms with Crippen molar-refractivity contribution in [2.24, 2.45) is 0 Å². The van der Waals surface area contributed by atoms with E-state index in [2.05, 4.69) is 72.8 Å². The molecule has 2 heteroatoms. The Morgan fingerprint density at radius 2 is 1.45 bits per heavy atom. The van der Waals surface area contributed by atoms with Gasteiger partial charge in [-0.1, -0.05) is 35.9 Å². The highest BCUT2D eigenvalue weighted by Crippen LogP contribution is 2.23. The van der Waals surface area contributed by atoms with Gasteiger partial charge in [0.05, 0.1) is 0 Å². The summed E-state index contributed by atoms with van der Waals surface area (Å²) in [7, 11) is 0. The lowest BCUT2D eigenvalue weighted by Crippen LogP contribution is -1.97. The Labute approximate surface area is 119 Å². The molecule has 0 spiro atoms. The van der Waals surface area contributed by atoms with Crippen molar-refractivity contribution in [3.63, 3.8) is 0 Å². The van der Waals surface area contributed by atoms with Crippen molar-refractivity contribution in [1.82, 2.24) is 9.55 Å². The molecule has 2 aromatic carbocycles. The van der Waals surface area contributed by atoms with E-state index in [-0.39, 0.29) is 0 Å². The molecule has 1 heterocycles. The fourth-order valence-corrected chi connectivity index (χ4v) is 2.52. The van der Waals surface area contributed by atoms with Crippen LogP contribution >= 0.6 is 0 Å². The number of aryl methyl sites for hydroxylation is 3. The minimum absolute atomic E-state index is 0.981. The average molecular weight is 262 g/mol. The third-order valence-corrected chi connectivity index (χ3v) is 3.44. The third-order valence-electron chi connectivity index (χ3n) is 3.44. The molecule has 0 bridgehead atoms. The summed E-state index contributed by atoms with van der Waals surface area (Å²) in [6, 6.07) is 15.0. The minimum Gasteiger partial charge on any atom is -0.300 e. The summed E-state index contributed by atoms with van der Waals surface area (Å²) in [6.07, 6.45) is 3.87. The number of benzene rings is 2. The van der Waals surface area contributed by atoms with E-state index in [1.54, 1.807) is 0 Å². The van der Waals surface area contributed by atoms with Crippen molar-refractivity contribution in [1.29, 1.82) is 0 Å². The van der Waals surface area contributed by atoms with Gasteiger partial charge in [-0.15, -0.1) is 0 Å². The molecule has 0 atom stereocenters. The maximum absolute atomic E-state index is 4.51. The molecule has 0 aliphatic heterocycles. The van der Waals surface area contributed by atoms with Crippen molar-refractivity contribution < 1.29 is 0 Å². The summed E-state index contributed by atoms with van der Waals surface area (Å²) >= 11 is 0. The van der Waals surface area contributed by atoms with Gasteiger partial charge in [0.25, 0.3) is 0 Å². The molecule has 0 radical (unpaired) electrons. The van der Waals surface area contributed by atoms with Crippen LogP contribution in [-0.4, -0.2) is 9.55 Å². The van der Waals surface area contributed by atoms with Crippen LogP contribution in [0.25, 0.3) is 17.1 Å². The number of nitrogens with zero attached hydrogens (tertiary/aromatic N) is 2. The van der Waals surface area contributed by atoms with Crippen LogP contribution in [-0.2, 0) is 0 Å². The van der Waals surface area contributed by atoms with E-state index in [0.29, 0.717) is 0 Å². The Kier molecular flexibility index (Phi) is 3.15. The van der Waals surface area contributed by atoms with Gasteiger partial charge < -0.3 is 0 Å². The zero-order chi connectivity index (χ0) is 14.1. The number of hydrogen-bond donors (Lipinski definition) is 0. The molecule has 0 N–H and O–H groups in total. The van der Waals surface area contributed by atoms with E-state index in [4.69, 9.17) is 0 Å². The number of hydrogen-bond acceptors (Lipinski definition) is 1. The molecule has 0 aliphatic carbocycles. The zero-order valence-electron chi connectivity index (χ0n) is 12.1. The normalized spacial score (nSPS) is 10.8. The highest BCUT2D eigenvalue weighted by Gasteiger charge is 2.08. The fraction of sp³-hybridized carbons (Fsp3) is 0.167. The van der Waals surface area contributed by atoms with E-state index in [1.807, 2.05) is 12.4 Å². The summed E-state index contributed by atoms with van der Waals surface area (Å²) in [5.74, 6) is 0.981. The van der Waals surface area contributed by atoms with Crippen molar-refractivity contribution in [3.8, 4) is 17.1 Å². The van der Waals surface area contributed by atoms with Crippen LogP contribution in [0.15, 0.2) is 54.9 Å². The lowest BCUT2D eigenvalue weighted by molar-refractivity contribution is 1.06. The van der Waals surface area contributed by atoms with Crippen LogP contribution in [0.2, 0.25) is 0 Å². The predicted molar refractivity (Wildman–Crippen MR) is 83.2 cm³/mol. The number of rotatable bonds is 2. The molecule has 100 valence electrons. The third kappa shape index (κ3) is 2.37. The summed E-state index contributed by atoms with van der Waals surface area (Å²) in [5, 5.41) is 0. The number of imidazole rings is 1. The number of aromatic nitrogens is 2. The van der Waals surface area contributed by atoms with Crippen molar-refractivity contribution >= 4 is 0 Å². The quantitative estimate of drug-likeness (QED) is 0.666. The van der Waals surface area contributed by atoms with E-state index < -0.39 is 0 Å². The first-order valence-corrected chi connectivity index (χ1v) is 6.82. The van der Waals surface area contributed by atoms with Crippen molar-refractivity contribution in [2.45, 2.75) is 20.8 Å². The summed E-state index contributed by atoms with van der Waals surface area (Å²) in [4.78, 5) is 4.51. The Balaban J connectivity index is 2.12. The van der Waals surface area contributed by atoms with E-state index in [9.17, 15) is 0 Å². The zero-order valence-corrected chi connectivity index (χ0v) is 12.1. The molecule has 3 aromatic rings. The molecule has 0 amide bonds. The predicted octanol–water partition coefficient (Wildman–Crippen LogP) is 4.46. The summed E-state index contributed by atoms with van der Waals surface area (Å²) < 4.78 is 2.14. The molecular weight excluding hydrogens is 244 g/mol. The maximum atomic E-state index is 4.51. The largest absolute Gasteiger partial charge is 0.300 e. The van der Waals surface area contributed by atoms with Gasteiger partial charge in [-0.05, 0) is 44.0 Å². The maximum Gasteiger partial charge on any atom is 0.144 e. The van der Waals surface area contributed by atoms with Gasteiger partial charge in [0.2, 0.25) is 0 Å². The highest BCUT2D eigenvalue weighted by atomic mass is 15.1. The Morgan fingerprint density at radius 1 is 0.800 bits per heavy atom. The van der Waals surface area contributed by atoms with Crippen LogP contribution in [0.3, 0.4) is 0 Å². The highest BCUT2D eigenvalue weighted by molar-refractivity contribution is 5.59. The topological polar surface area (TPSA) is 17.8 Å². The standard InChI is InChI=1S/C18H18N2/c1-13-4-6-16(7-5-13)18-19-8-9-20(18)17-11-14(2)10-15(3)12-17/h4-12H,1-3H3. The molecule has 2 nitrogen and oxygen atoms in total. The lowest BCUT2D eigenvalue weighted by atomic mass is 10.1. The Morgan fingerprint density at radius 3 is 2.10 bits per heavy atom. The van der Waals surface area contributed by atoms with E-state index in [0.717, 1.165) is 17.1 Å². The first-order valence-electron chi connectivity index (χ1n) is 6.82. The first-order chi connectivity index (χ1) is 9.63. The molecule has 0 saturated heterocycles. The second kappa shape index (κ2) is 4.97. The van der Waals surface area contributed by atoms with Gasteiger partial charge in [0.15, 0.2) is 0 Å². The second-order valence-corrected chi connectivity index (χ2v) is 5.33. The summed E-state index contributed by atoms with van der Waals surface area (Å²) in [5.41, 5.74) is 6.10. The Hall–Kier alpha value is -2.35. The molecule has 20 heavy (non-hydrogen) atoms. The van der Waals surface area contributed by atoms with Crippen molar-refractivity contribution in [2.75, 3.05) is 0 Å². The molecule has 0 unspecified atom stereocenters. The monoisotopic (exact) mass is 262 g/mol. The SMILES string of the molecule is Cc1ccc(-c2nccn2-c2cc(C)cc(C)c2)cc1.